The molecule has 0 spiro atoms. The van der Waals surface area contributed by atoms with Crippen molar-refractivity contribution in [3.05, 3.63) is 18.0 Å². The van der Waals surface area contributed by atoms with Crippen LogP contribution in [-0.2, 0) is 4.79 Å². The Morgan fingerprint density at radius 3 is 2.93 bits per heavy atom. The molecule has 78 valence electrons. The molecule has 4 nitrogen and oxygen atoms in total. The minimum Gasteiger partial charge on any atom is -0.354 e. The molecule has 1 N–H and O–H groups in total. The fraction of sp³-hybridized carbons (Fsp3) is 0.600. The van der Waals surface area contributed by atoms with Crippen molar-refractivity contribution in [2.75, 3.05) is 6.54 Å². The molecule has 1 rings (SSSR count). The van der Waals surface area contributed by atoms with Gasteiger partial charge < -0.3 is 5.32 Å². The van der Waals surface area contributed by atoms with E-state index in [0.29, 0.717) is 0 Å². The number of nitrogens with zero attached hydrogens (tertiary/aromatic N) is 2. The summed E-state index contributed by atoms with van der Waals surface area (Å²) in [5.41, 5.74) is 0.931. The lowest BCUT2D eigenvalue weighted by Crippen LogP contribution is -2.31. The van der Waals surface area contributed by atoms with Crippen molar-refractivity contribution in [1.29, 1.82) is 0 Å². The summed E-state index contributed by atoms with van der Waals surface area (Å²) in [6, 6.07) is 1.67. The maximum absolute atomic E-state index is 11.5. The van der Waals surface area contributed by atoms with Gasteiger partial charge in [0.1, 0.15) is 6.04 Å². The molecule has 0 fully saturated rings. The van der Waals surface area contributed by atoms with Crippen molar-refractivity contribution in [1.82, 2.24) is 15.1 Å². The third-order valence-electron chi connectivity index (χ3n) is 2.07. The average Bonchev–Trinajstić information content (AvgIpc) is 2.60. The number of hydrogen-bond donors (Lipinski definition) is 1. The number of aryl methyl sites for hydroxylation is 1. The monoisotopic (exact) mass is 195 g/mol. The van der Waals surface area contributed by atoms with E-state index in [-0.39, 0.29) is 11.9 Å². The van der Waals surface area contributed by atoms with Gasteiger partial charge in [0, 0.05) is 12.7 Å². The molecule has 0 saturated heterocycles. The molecule has 0 saturated carbocycles. The van der Waals surface area contributed by atoms with Crippen LogP contribution in [0.25, 0.3) is 0 Å². The Bertz CT molecular complexity index is 306. The molecule has 0 aromatic carbocycles. The normalized spacial score (nSPS) is 12.5. The molecule has 0 aliphatic carbocycles. The number of carbonyl (C=O) groups excluding carboxylic acids is 1. The van der Waals surface area contributed by atoms with Crippen LogP contribution in [0.4, 0.5) is 0 Å². The predicted octanol–water partition coefficient (Wildman–Crippen LogP) is 1.28. The number of hydrogen-bond acceptors (Lipinski definition) is 2. The summed E-state index contributed by atoms with van der Waals surface area (Å²) in [5, 5.41) is 7.04. The molecular weight excluding hydrogens is 178 g/mol. The zero-order valence-electron chi connectivity index (χ0n) is 8.95. The standard InChI is InChI=1S/C10H17N3O/c1-4-6-11-10(14)9(3)13-7-5-8(2)12-13/h5,7,9H,4,6H2,1-3H3,(H,11,14). The van der Waals surface area contributed by atoms with Crippen LogP contribution in [0, 0.1) is 6.92 Å². The van der Waals surface area contributed by atoms with Crippen LogP contribution in [0.2, 0.25) is 0 Å². The van der Waals surface area contributed by atoms with Gasteiger partial charge in [-0.25, -0.2) is 0 Å². The maximum Gasteiger partial charge on any atom is 0.244 e. The molecular formula is C10H17N3O. The van der Waals surface area contributed by atoms with Gasteiger partial charge in [0.2, 0.25) is 5.91 Å². The van der Waals surface area contributed by atoms with E-state index < -0.39 is 0 Å². The summed E-state index contributed by atoms with van der Waals surface area (Å²) in [6.45, 7) is 6.51. The Morgan fingerprint density at radius 2 is 2.43 bits per heavy atom. The second-order valence-corrected chi connectivity index (χ2v) is 3.40. The van der Waals surface area contributed by atoms with Crippen molar-refractivity contribution in [2.24, 2.45) is 0 Å². The highest BCUT2D eigenvalue weighted by molar-refractivity contribution is 5.79. The van der Waals surface area contributed by atoms with E-state index >= 15 is 0 Å². The van der Waals surface area contributed by atoms with Gasteiger partial charge in [0.05, 0.1) is 5.69 Å². The minimum absolute atomic E-state index is 0.0231. The predicted molar refractivity (Wildman–Crippen MR) is 55.0 cm³/mol. The van der Waals surface area contributed by atoms with Gasteiger partial charge >= 0.3 is 0 Å². The van der Waals surface area contributed by atoms with Gasteiger partial charge in [-0.05, 0) is 26.3 Å². The molecule has 1 aromatic rings. The Labute approximate surface area is 84.3 Å². The lowest BCUT2D eigenvalue weighted by molar-refractivity contribution is -0.124. The highest BCUT2D eigenvalue weighted by atomic mass is 16.2. The molecule has 0 aliphatic rings. The van der Waals surface area contributed by atoms with Crippen LogP contribution in [0.1, 0.15) is 32.0 Å². The van der Waals surface area contributed by atoms with Crippen molar-refractivity contribution in [3.8, 4) is 0 Å². The fourth-order valence-electron chi connectivity index (χ4n) is 1.16. The minimum atomic E-state index is -0.227. The van der Waals surface area contributed by atoms with E-state index in [0.717, 1.165) is 18.7 Å². The highest BCUT2D eigenvalue weighted by Crippen LogP contribution is 2.04. The molecule has 1 aromatic heterocycles. The number of carbonyl (C=O) groups is 1. The Kier molecular flexibility index (Phi) is 3.68. The van der Waals surface area contributed by atoms with Gasteiger partial charge in [0.25, 0.3) is 0 Å². The van der Waals surface area contributed by atoms with Crippen LogP contribution < -0.4 is 5.32 Å². The summed E-state index contributed by atoms with van der Waals surface area (Å²) in [7, 11) is 0. The van der Waals surface area contributed by atoms with Crippen molar-refractivity contribution in [2.45, 2.75) is 33.2 Å². The van der Waals surface area contributed by atoms with Gasteiger partial charge in [-0.2, -0.15) is 5.10 Å². The summed E-state index contributed by atoms with van der Waals surface area (Å²) >= 11 is 0. The first-order valence-electron chi connectivity index (χ1n) is 4.94. The molecule has 1 atom stereocenters. The van der Waals surface area contributed by atoms with E-state index in [1.165, 1.54) is 0 Å². The SMILES string of the molecule is CCCNC(=O)C(C)n1ccc(C)n1. The zero-order valence-corrected chi connectivity index (χ0v) is 8.95. The van der Waals surface area contributed by atoms with E-state index in [2.05, 4.69) is 10.4 Å². The lowest BCUT2D eigenvalue weighted by Gasteiger charge is -2.11. The topological polar surface area (TPSA) is 46.9 Å². The van der Waals surface area contributed by atoms with E-state index in [1.54, 1.807) is 4.68 Å². The van der Waals surface area contributed by atoms with E-state index in [1.807, 2.05) is 33.0 Å². The first kappa shape index (κ1) is 10.8. The van der Waals surface area contributed by atoms with Crippen molar-refractivity contribution >= 4 is 5.91 Å². The van der Waals surface area contributed by atoms with Gasteiger partial charge in [-0.1, -0.05) is 6.92 Å². The number of nitrogens with one attached hydrogen (secondary N) is 1. The van der Waals surface area contributed by atoms with Crippen molar-refractivity contribution in [3.63, 3.8) is 0 Å². The molecule has 0 aliphatic heterocycles. The number of amides is 1. The summed E-state index contributed by atoms with van der Waals surface area (Å²) in [4.78, 5) is 11.5. The fourth-order valence-corrected chi connectivity index (χ4v) is 1.16. The second kappa shape index (κ2) is 4.79. The maximum atomic E-state index is 11.5. The molecule has 1 heterocycles. The molecule has 4 heteroatoms. The Hall–Kier alpha value is -1.32. The first-order valence-corrected chi connectivity index (χ1v) is 4.94. The number of rotatable bonds is 4. The summed E-state index contributed by atoms with van der Waals surface area (Å²) < 4.78 is 1.68. The van der Waals surface area contributed by atoms with Crippen molar-refractivity contribution < 1.29 is 4.79 Å². The first-order chi connectivity index (χ1) is 6.65. The third-order valence-corrected chi connectivity index (χ3v) is 2.07. The molecule has 0 bridgehead atoms. The van der Waals surface area contributed by atoms with Crippen LogP contribution >= 0.6 is 0 Å². The average molecular weight is 195 g/mol. The Morgan fingerprint density at radius 1 is 1.71 bits per heavy atom. The zero-order chi connectivity index (χ0) is 10.6. The van der Waals surface area contributed by atoms with Crippen LogP contribution in [0.5, 0.6) is 0 Å². The largest absolute Gasteiger partial charge is 0.354 e. The number of aromatic nitrogens is 2. The van der Waals surface area contributed by atoms with Crippen LogP contribution in [-0.4, -0.2) is 22.2 Å². The summed E-state index contributed by atoms with van der Waals surface area (Å²) in [6.07, 6.45) is 2.78. The molecule has 1 unspecified atom stereocenters. The molecule has 14 heavy (non-hydrogen) atoms. The van der Waals surface area contributed by atoms with Gasteiger partial charge in [0.15, 0.2) is 0 Å². The summed E-state index contributed by atoms with van der Waals surface area (Å²) in [5.74, 6) is 0.0231. The van der Waals surface area contributed by atoms with E-state index in [4.69, 9.17) is 0 Å². The smallest absolute Gasteiger partial charge is 0.244 e. The van der Waals surface area contributed by atoms with Gasteiger partial charge in [-0.3, -0.25) is 9.48 Å². The molecule has 1 amide bonds. The van der Waals surface area contributed by atoms with E-state index in [9.17, 15) is 4.79 Å². The third kappa shape index (κ3) is 2.58. The second-order valence-electron chi connectivity index (χ2n) is 3.40. The van der Waals surface area contributed by atoms with Crippen LogP contribution in [0.15, 0.2) is 12.3 Å². The van der Waals surface area contributed by atoms with Gasteiger partial charge in [-0.15, -0.1) is 0 Å². The van der Waals surface area contributed by atoms with Crippen LogP contribution in [0.3, 0.4) is 0 Å². The quantitative estimate of drug-likeness (QED) is 0.786. The molecule has 0 radical (unpaired) electrons. The Balaban J connectivity index is 2.56. The lowest BCUT2D eigenvalue weighted by atomic mass is 10.3. The highest BCUT2D eigenvalue weighted by Gasteiger charge is 2.14.